The summed E-state index contributed by atoms with van der Waals surface area (Å²) in [6, 6.07) is 9.58. The van der Waals surface area contributed by atoms with E-state index in [1.165, 1.54) is 25.8 Å². The van der Waals surface area contributed by atoms with Crippen LogP contribution in [0.3, 0.4) is 0 Å². The molecule has 0 saturated carbocycles. The summed E-state index contributed by atoms with van der Waals surface area (Å²) in [5.41, 5.74) is 3.13. The average Bonchev–Trinajstić information content (AvgIpc) is 2.65. The molecule has 68 valence electrons. The van der Waals surface area contributed by atoms with Gasteiger partial charge in [-0.05, 0) is 42.9 Å². The van der Waals surface area contributed by atoms with Crippen LogP contribution >= 0.6 is 0 Å². The summed E-state index contributed by atoms with van der Waals surface area (Å²) < 4.78 is 0. The van der Waals surface area contributed by atoms with Gasteiger partial charge in [0.25, 0.3) is 0 Å². The van der Waals surface area contributed by atoms with Crippen LogP contribution in [-0.4, -0.2) is 6.54 Å². The Balaban J connectivity index is 2.06. The van der Waals surface area contributed by atoms with Crippen molar-refractivity contribution < 1.29 is 0 Å². The lowest BCUT2D eigenvalue weighted by atomic mass is 9.81. The van der Waals surface area contributed by atoms with Gasteiger partial charge in [-0.3, -0.25) is 0 Å². The molecule has 2 unspecified atom stereocenters. The van der Waals surface area contributed by atoms with Crippen molar-refractivity contribution in [2.24, 2.45) is 5.92 Å². The molecule has 0 aromatic heterocycles. The van der Waals surface area contributed by atoms with E-state index in [1.807, 2.05) is 0 Å². The Morgan fingerprint density at radius 1 is 1.15 bits per heavy atom. The molecule has 0 radical (unpaired) electrons. The van der Waals surface area contributed by atoms with E-state index in [2.05, 4.69) is 29.6 Å². The zero-order valence-electron chi connectivity index (χ0n) is 7.79. The van der Waals surface area contributed by atoms with Gasteiger partial charge in [0.05, 0.1) is 0 Å². The zero-order valence-corrected chi connectivity index (χ0v) is 7.79. The van der Waals surface area contributed by atoms with E-state index < -0.39 is 0 Å². The fraction of sp³-hybridized carbons (Fsp3) is 0.500. The van der Waals surface area contributed by atoms with Gasteiger partial charge in [0.1, 0.15) is 0 Å². The van der Waals surface area contributed by atoms with Gasteiger partial charge in [-0.1, -0.05) is 24.3 Å². The van der Waals surface area contributed by atoms with Crippen LogP contribution in [0.1, 0.15) is 30.0 Å². The molecule has 3 rings (SSSR count). The van der Waals surface area contributed by atoms with Crippen LogP contribution in [0.4, 0.5) is 0 Å². The average molecular weight is 173 g/mol. The lowest BCUT2D eigenvalue weighted by molar-refractivity contribution is 0.405. The van der Waals surface area contributed by atoms with E-state index in [-0.39, 0.29) is 0 Å². The third kappa shape index (κ3) is 1.11. The van der Waals surface area contributed by atoms with Crippen molar-refractivity contribution in [1.29, 1.82) is 0 Å². The van der Waals surface area contributed by atoms with Crippen LogP contribution in [0, 0.1) is 5.92 Å². The Bertz CT molecular complexity index is 319. The highest BCUT2D eigenvalue weighted by atomic mass is 15.0. The fourth-order valence-corrected chi connectivity index (χ4v) is 2.84. The molecule has 1 aromatic carbocycles. The van der Waals surface area contributed by atoms with Gasteiger partial charge < -0.3 is 5.32 Å². The molecule has 2 aliphatic rings. The van der Waals surface area contributed by atoms with Gasteiger partial charge in [0, 0.05) is 6.04 Å². The minimum Gasteiger partial charge on any atom is -0.310 e. The molecule has 0 spiro atoms. The third-order valence-electron chi connectivity index (χ3n) is 3.53. The standard InChI is InChI=1S/C12H15N/c1-2-4-11-9(3-1)5-6-10-7-8-13-12(10)11/h1-4,10,12-13H,5-8H2. The first-order chi connectivity index (χ1) is 6.45. The summed E-state index contributed by atoms with van der Waals surface area (Å²) in [7, 11) is 0. The maximum Gasteiger partial charge on any atom is 0.0351 e. The summed E-state index contributed by atoms with van der Waals surface area (Å²) in [4.78, 5) is 0. The Morgan fingerprint density at radius 2 is 2.08 bits per heavy atom. The Hall–Kier alpha value is -0.820. The third-order valence-corrected chi connectivity index (χ3v) is 3.53. The highest BCUT2D eigenvalue weighted by Crippen LogP contribution is 2.38. The Kier molecular flexibility index (Phi) is 1.66. The number of fused-ring (bicyclic) bond motifs is 3. The normalized spacial score (nSPS) is 31.1. The van der Waals surface area contributed by atoms with E-state index in [0.717, 1.165) is 5.92 Å². The quantitative estimate of drug-likeness (QED) is 0.634. The minimum atomic E-state index is 0.671. The molecule has 13 heavy (non-hydrogen) atoms. The van der Waals surface area contributed by atoms with Crippen LogP contribution in [0.2, 0.25) is 0 Å². The number of rotatable bonds is 0. The SMILES string of the molecule is c1ccc2c(c1)CCC1CCNC21. The van der Waals surface area contributed by atoms with Gasteiger partial charge in [-0.2, -0.15) is 0 Å². The lowest BCUT2D eigenvalue weighted by Gasteiger charge is -2.27. The Labute approximate surface area is 79.2 Å². The van der Waals surface area contributed by atoms with Crippen molar-refractivity contribution in [3.63, 3.8) is 0 Å². The molecular formula is C12H15N. The second-order valence-electron chi connectivity index (χ2n) is 4.22. The highest BCUT2D eigenvalue weighted by Gasteiger charge is 2.32. The van der Waals surface area contributed by atoms with Gasteiger partial charge in [-0.25, -0.2) is 0 Å². The topological polar surface area (TPSA) is 12.0 Å². The van der Waals surface area contributed by atoms with Crippen molar-refractivity contribution >= 4 is 0 Å². The smallest absolute Gasteiger partial charge is 0.0351 e. The number of benzene rings is 1. The summed E-state index contributed by atoms with van der Waals surface area (Å²) in [5, 5.41) is 3.61. The first kappa shape index (κ1) is 7.57. The molecule has 1 heterocycles. The molecule has 1 N–H and O–H groups in total. The predicted octanol–water partition coefficient (Wildman–Crippen LogP) is 2.28. The molecule has 1 heteroatoms. The summed E-state index contributed by atoms with van der Waals surface area (Å²) in [5.74, 6) is 0.912. The fourth-order valence-electron chi connectivity index (χ4n) is 2.84. The van der Waals surface area contributed by atoms with Crippen LogP contribution in [0.25, 0.3) is 0 Å². The van der Waals surface area contributed by atoms with Crippen molar-refractivity contribution in [2.45, 2.75) is 25.3 Å². The molecule has 0 amide bonds. The van der Waals surface area contributed by atoms with Gasteiger partial charge in [-0.15, -0.1) is 0 Å². The van der Waals surface area contributed by atoms with E-state index >= 15 is 0 Å². The van der Waals surface area contributed by atoms with Crippen molar-refractivity contribution in [2.75, 3.05) is 6.54 Å². The molecule has 1 aromatic rings. The molecule has 1 aliphatic heterocycles. The van der Waals surface area contributed by atoms with E-state index in [9.17, 15) is 0 Å². The van der Waals surface area contributed by atoms with Crippen LogP contribution in [0.15, 0.2) is 24.3 Å². The van der Waals surface area contributed by atoms with Crippen molar-refractivity contribution in [1.82, 2.24) is 5.32 Å². The number of hydrogen-bond acceptors (Lipinski definition) is 1. The first-order valence-electron chi connectivity index (χ1n) is 5.26. The molecule has 2 atom stereocenters. The van der Waals surface area contributed by atoms with Crippen LogP contribution in [0.5, 0.6) is 0 Å². The largest absolute Gasteiger partial charge is 0.310 e. The summed E-state index contributed by atoms with van der Waals surface area (Å²) >= 11 is 0. The van der Waals surface area contributed by atoms with E-state index in [1.54, 1.807) is 11.1 Å². The number of hydrogen-bond donors (Lipinski definition) is 1. The highest BCUT2D eigenvalue weighted by molar-refractivity contribution is 5.33. The summed E-state index contributed by atoms with van der Waals surface area (Å²) in [6.45, 7) is 1.21. The molecule has 1 fully saturated rings. The lowest BCUT2D eigenvalue weighted by Crippen LogP contribution is -2.23. The summed E-state index contributed by atoms with van der Waals surface area (Å²) in [6.07, 6.45) is 4.05. The van der Waals surface area contributed by atoms with Gasteiger partial charge in [0.15, 0.2) is 0 Å². The maximum atomic E-state index is 3.61. The molecule has 1 aliphatic carbocycles. The van der Waals surface area contributed by atoms with E-state index in [4.69, 9.17) is 0 Å². The predicted molar refractivity (Wildman–Crippen MR) is 53.6 cm³/mol. The monoisotopic (exact) mass is 173 g/mol. The minimum absolute atomic E-state index is 0.671. The molecule has 1 nitrogen and oxygen atoms in total. The Morgan fingerprint density at radius 3 is 3.08 bits per heavy atom. The number of aryl methyl sites for hydroxylation is 1. The number of nitrogens with one attached hydrogen (secondary N) is 1. The molecule has 1 saturated heterocycles. The van der Waals surface area contributed by atoms with Gasteiger partial charge in [0.2, 0.25) is 0 Å². The first-order valence-corrected chi connectivity index (χ1v) is 5.26. The zero-order chi connectivity index (χ0) is 8.67. The van der Waals surface area contributed by atoms with Crippen molar-refractivity contribution in [3.05, 3.63) is 35.4 Å². The second kappa shape index (κ2) is 2.85. The van der Waals surface area contributed by atoms with Crippen LogP contribution in [-0.2, 0) is 6.42 Å². The van der Waals surface area contributed by atoms with Crippen molar-refractivity contribution in [3.8, 4) is 0 Å². The second-order valence-corrected chi connectivity index (χ2v) is 4.22. The van der Waals surface area contributed by atoms with Gasteiger partial charge >= 0.3 is 0 Å². The van der Waals surface area contributed by atoms with E-state index in [0.29, 0.717) is 6.04 Å². The van der Waals surface area contributed by atoms with Crippen LogP contribution < -0.4 is 5.32 Å². The maximum absolute atomic E-state index is 3.61. The molecule has 0 bridgehead atoms. The molecular weight excluding hydrogens is 158 g/mol.